The van der Waals surface area contributed by atoms with Crippen molar-refractivity contribution in [3.05, 3.63) is 47.5 Å². The van der Waals surface area contributed by atoms with Crippen LogP contribution in [0.1, 0.15) is 63.5 Å². The van der Waals surface area contributed by atoms with Crippen molar-refractivity contribution >= 4 is 23.3 Å². The number of amides is 1. The van der Waals surface area contributed by atoms with Gasteiger partial charge in [-0.05, 0) is 56.2 Å². The fourth-order valence-electron chi connectivity index (χ4n) is 4.10. The molecule has 1 saturated carbocycles. The highest BCUT2D eigenvalue weighted by Crippen LogP contribution is 2.40. The van der Waals surface area contributed by atoms with Crippen LogP contribution in [0.3, 0.4) is 0 Å². The summed E-state index contributed by atoms with van der Waals surface area (Å²) in [4.78, 5) is 27.7. The molecule has 0 bridgehead atoms. The third-order valence-corrected chi connectivity index (χ3v) is 6.02. The smallest absolute Gasteiger partial charge is 0.226 e. The molecule has 1 amide bonds. The number of rotatable bonds is 8. The minimum atomic E-state index is -0.0242. The molecular formula is C22H28ClNO2. The summed E-state index contributed by atoms with van der Waals surface area (Å²) in [5, 5.41) is 0.697. The maximum Gasteiger partial charge on any atom is 0.226 e. The number of nitrogens with zero attached hydrogens (tertiary/aromatic N) is 1. The largest absolute Gasteiger partial charge is 0.332 e. The predicted octanol–water partition coefficient (Wildman–Crippen LogP) is 5.34. The molecule has 3 nitrogen and oxygen atoms in total. The first-order valence-corrected chi connectivity index (χ1v) is 10.1. The molecule has 3 atom stereocenters. The molecule has 3 rings (SSSR count). The quantitative estimate of drug-likeness (QED) is 0.576. The molecule has 1 aromatic carbocycles. The van der Waals surface area contributed by atoms with Crippen molar-refractivity contribution in [2.24, 2.45) is 11.8 Å². The average molecular weight is 374 g/mol. The van der Waals surface area contributed by atoms with Crippen molar-refractivity contribution in [2.45, 2.75) is 64.0 Å². The standard InChI is InChI=1S/C22H28ClNO2/c1-3-5-17-10-13-20(15-8-11-18(23)12-9-15)24(22(17)26)19(4-2)14-21(25)16-6-7-16/h3,8-9,11-12,16-17,19-20H,1,4-7,10,13-14H2,2H3. The number of carbonyl (C=O) groups excluding carboxylic acids is 2. The maximum atomic E-state index is 13.3. The number of carbonyl (C=O) groups is 2. The van der Waals surface area contributed by atoms with Gasteiger partial charge in [0.2, 0.25) is 5.91 Å². The molecule has 4 heteroatoms. The van der Waals surface area contributed by atoms with Gasteiger partial charge in [0.05, 0.1) is 6.04 Å². The first kappa shape index (κ1) is 19.2. The number of allylic oxidation sites excluding steroid dienone is 1. The third kappa shape index (κ3) is 4.20. The van der Waals surface area contributed by atoms with Crippen LogP contribution in [0.5, 0.6) is 0 Å². The fourth-order valence-corrected chi connectivity index (χ4v) is 4.22. The minimum Gasteiger partial charge on any atom is -0.332 e. The van der Waals surface area contributed by atoms with E-state index in [1.165, 1.54) is 0 Å². The number of hydrogen-bond acceptors (Lipinski definition) is 2. The highest BCUT2D eigenvalue weighted by Gasteiger charge is 2.40. The van der Waals surface area contributed by atoms with Crippen molar-refractivity contribution in [1.82, 2.24) is 4.90 Å². The summed E-state index contributed by atoms with van der Waals surface area (Å²) in [5.41, 5.74) is 1.11. The Bertz CT molecular complexity index is 665. The summed E-state index contributed by atoms with van der Waals surface area (Å²) in [6.07, 6.45) is 7.63. The molecule has 2 fully saturated rings. The number of piperidine rings is 1. The Morgan fingerprint density at radius 1 is 1.27 bits per heavy atom. The highest BCUT2D eigenvalue weighted by molar-refractivity contribution is 6.30. The van der Waals surface area contributed by atoms with Gasteiger partial charge in [0.1, 0.15) is 5.78 Å². The van der Waals surface area contributed by atoms with Crippen LogP contribution in [0.25, 0.3) is 0 Å². The average Bonchev–Trinajstić information content (AvgIpc) is 3.47. The van der Waals surface area contributed by atoms with Crippen LogP contribution in [0, 0.1) is 11.8 Å². The molecule has 26 heavy (non-hydrogen) atoms. The summed E-state index contributed by atoms with van der Waals surface area (Å²) >= 11 is 6.04. The zero-order valence-electron chi connectivity index (χ0n) is 15.5. The van der Waals surface area contributed by atoms with Crippen LogP contribution < -0.4 is 0 Å². The van der Waals surface area contributed by atoms with Gasteiger partial charge in [-0.15, -0.1) is 6.58 Å². The lowest BCUT2D eigenvalue weighted by Gasteiger charge is -2.44. The summed E-state index contributed by atoms with van der Waals surface area (Å²) in [6.45, 7) is 5.88. The maximum absolute atomic E-state index is 13.3. The van der Waals surface area contributed by atoms with E-state index in [0.29, 0.717) is 23.6 Å². The van der Waals surface area contributed by atoms with E-state index in [9.17, 15) is 9.59 Å². The van der Waals surface area contributed by atoms with E-state index in [1.54, 1.807) is 0 Å². The molecular weight excluding hydrogens is 346 g/mol. The Morgan fingerprint density at radius 3 is 2.54 bits per heavy atom. The Labute approximate surface area is 161 Å². The van der Waals surface area contributed by atoms with Crippen LogP contribution >= 0.6 is 11.6 Å². The van der Waals surface area contributed by atoms with Gasteiger partial charge in [0, 0.05) is 29.3 Å². The number of halogens is 1. The zero-order valence-corrected chi connectivity index (χ0v) is 16.3. The van der Waals surface area contributed by atoms with Crippen LogP contribution in [-0.4, -0.2) is 22.6 Å². The molecule has 1 saturated heterocycles. The summed E-state index contributed by atoms with van der Waals surface area (Å²) in [6, 6.07) is 7.78. The molecule has 1 aromatic rings. The van der Waals surface area contributed by atoms with Gasteiger partial charge in [-0.25, -0.2) is 0 Å². The summed E-state index contributed by atoms with van der Waals surface area (Å²) < 4.78 is 0. The van der Waals surface area contributed by atoms with Crippen LogP contribution in [0.4, 0.5) is 0 Å². The van der Waals surface area contributed by atoms with Gasteiger partial charge in [0.15, 0.2) is 0 Å². The van der Waals surface area contributed by atoms with E-state index in [-0.39, 0.29) is 29.8 Å². The van der Waals surface area contributed by atoms with Gasteiger partial charge in [-0.1, -0.05) is 36.7 Å². The Morgan fingerprint density at radius 2 is 1.96 bits per heavy atom. The first-order valence-electron chi connectivity index (χ1n) is 9.76. The molecule has 0 spiro atoms. The molecule has 2 aliphatic rings. The second kappa shape index (κ2) is 8.39. The second-order valence-corrected chi connectivity index (χ2v) is 8.05. The van der Waals surface area contributed by atoms with E-state index >= 15 is 0 Å². The molecule has 1 aliphatic heterocycles. The Balaban J connectivity index is 1.87. The van der Waals surface area contributed by atoms with Crippen LogP contribution in [0.15, 0.2) is 36.9 Å². The molecule has 0 aromatic heterocycles. The van der Waals surface area contributed by atoms with Crippen molar-refractivity contribution in [1.29, 1.82) is 0 Å². The topological polar surface area (TPSA) is 37.4 Å². The van der Waals surface area contributed by atoms with E-state index in [4.69, 9.17) is 11.6 Å². The number of ketones is 1. The molecule has 3 unspecified atom stereocenters. The van der Waals surface area contributed by atoms with Crippen LogP contribution in [0.2, 0.25) is 5.02 Å². The minimum absolute atomic E-state index is 0.0128. The van der Waals surface area contributed by atoms with Crippen molar-refractivity contribution < 1.29 is 9.59 Å². The lowest BCUT2D eigenvalue weighted by molar-refractivity contribution is -0.146. The van der Waals surface area contributed by atoms with Crippen molar-refractivity contribution in [3.8, 4) is 0 Å². The predicted molar refractivity (Wildman–Crippen MR) is 105 cm³/mol. The lowest BCUT2D eigenvalue weighted by atomic mass is 9.84. The highest BCUT2D eigenvalue weighted by atomic mass is 35.5. The number of hydrogen-bond donors (Lipinski definition) is 0. The van der Waals surface area contributed by atoms with E-state index < -0.39 is 0 Å². The van der Waals surface area contributed by atoms with Crippen molar-refractivity contribution in [3.63, 3.8) is 0 Å². The van der Waals surface area contributed by atoms with Crippen LogP contribution in [-0.2, 0) is 9.59 Å². The molecule has 0 N–H and O–H groups in total. The van der Waals surface area contributed by atoms with Crippen molar-refractivity contribution in [2.75, 3.05) is 0 Å². The third-order valence-electron chi connectivity index (χ3n) is 5.77. The second-order valence-electron chi connectivity index (χ2n) is 7.62. The first-order chi connectivity index (χ1) is 12.5. The van der Waals surface area contributed by atoms with Gasteiger partial charge in [-0.3, -0.25) is 9.59 Å². The monoisotopic (exact) mass is 373 g/mol. The van der Waals surface area contributed by atoms with E-state index in [0.717, 1.165) is 37.7 Å². The number of benzene rings is 1. The normalized spacial score (nSPS) is 24.4. The zero-order chi connectivity index (χ0) is 18.7. The molecule has 1 heterocycles. The Kier molecular flexibility index (Phi) is 6.18. The van der Waals surface area contributed by atoms with Gasteiger partial charge in [0.25, 0.3) is 0 Å². The molecule has 140 valence electrons. The van der Waals surface area contributed by atoms with Gasteiger partial charge in [-0.2, -0.15) is 0 Å². The number of likely N-dealkylation sites (tertiary alicyclic amines) is 1. The van der Waals surface area contributed by atoms with E-state index in [1.807, 2.05) is 35.2 Å². The SMILES string of the molecule is C=CCC1CCC(c2ccc(Cl)cc2)N(C(CC)CC(=O)C2CC2)C1=O. The number of Topliss-reactive ketones (excluding diaryl/α,β-unsaturated/α-hetero) is 1. The molecule has 1 aliphatic carbocycles. The van der Waals surface area contributed by atoms with Gasteiger partial charge >= 0.3 is 0 Å². The fraction of sp³-hybridized carbons (Fsp3) is 0.545. The summed E-state index contributed by atoms with van der Waals surface area (Å²) in [7, 11) is 0. The Hall–Kier alpha value is -1.61. The molecule has 0 radical (unpaired) electrons. The van der Waals surface area contributed by atoms with E-state index in [2.05, 4.69) is 13.5 Å². The van der Waals surface area contributed by atoms with Gasteiger partial charge < -0.3 is 4.90 Å². The summed E-state index contributed by atoms with van der Waals surface area (Å²) in [5.74, 6) is 0.722. The lowest BCUT2D eigenvalue weighted by Crippen LogP contribution is -2.49.